The first-order chi connectivity index (χ1) is 8.21. The summed E-state index contributed by atoms with van der Waals surface area (Å²) in [5, 5.41) is 0. The maximum absolute atomic E-state index is 4.16. The SMILES string of the molecule is CC(C)(C)N=C=NCCCCN=C=NC(C)(C)C. The van der Waals surface area contributed by atoms with Crippen LogP contribution in [0.2, 0.25) is 0 Å². The van der Waals surface area contributed by atoms with E-state index in [0.717, 1.165) is 25.9 Å². The van der Waals surface area contributed by atoms with Crippen molar-refractivity contribution in [2.45, 2.75) is 65.5 Å². The van der Waals surface area contributed by atoms with Gasteiger partial charge in [-0.15, -0.1) is 0 Å². The highest BCUT2D eigenvalue weighted by atomic mass is 14.9. The highest BCUT2D eigenvalue weighted by Gasteiger charge is 2.04. The molecule has 18 heavy (non-hydrogen) atoms. The Bertz CT molecular complexity index is 307. The van der Waals surface area contributed by atoms with Crippen LogP contribution in [0.15, 0.2) is 20.0 Å². The molecule has 0 saturated heterocycles. The summed E-state index contributed by atoms with van der Waals surface area (Å²) in [6.07, 6.45) is 1.99. The zero-order valence-electron chi connectivity index (χ0n) is 12.6. The van der Waals surface area contributed by atoms with E-state index in [9.17, 15) is 0 Å². The molecular weight excluding hydrogens is 224 g/mol. The maximum Gasteiger partial charge on any atom is 0.0898 e. The summed E-state index contributed by atoms with van der Waals surface area (Å²) in [5.74, 6) is 0. The minimum absolute atomic E-state index is 0.0861. The summed E-state index contributed by atoms with van der Waals surface area (Å²) in [6.45, 7) is 13.7. The summed E-state index contributed by atoms with van der Waals surface area (Å²) in [7, 11) is 0. The number of rotatable bonds is 5. The minimum atomic E-state index is -0.0861. The molecule has 0 saturated carbocycles. The molecule has 0 amide bonds. The van der Waals surface area contributed by atoms with E-state index in [1.165, 1.54) is 0 Å². The van der Waals surface area contributed by atoms with Gasteiger partial charge < -0.3 is 0 Å². The van der Waals surface area contributed by atoms with Gasteiger partial charge in [0.05, 0.1) is 23.1 Å². The monoisotopic (exact) mass is 250 g/mol. The summed E-state index contributed by atoms with van der Waals surface area (Å²) < 4.78 is 0. The third-order valence-corrected chi connectivity index (χ3v) is 1.70. The van der Waals surface area contributed by atoms with Crippen molar-refractivity contribution in [2.75, 3.05) is 13.1 Å². The van der Waals surface area contributed by atoms with Crippen molar-refractivity contribution < 1.29 is 0 Å². The van der Waals surface area contributed by atoms with Crippen LogP contribution in [0.3, 0.4) is 0 Å². The van der Waals surface area contributed by atoms with Crippen LogP contribution in [0.25, 0.3) is 0 Å². The van der Waals surface area contributed by atoms with Crippen LogP contribution in [-0.4, -0.2) is 36.2 Å². The Balaban J connectivity index is 3.71. The number of hydrogen-bond acceptors (Lipinski definition) is 4. The summed E-state index contributed by atoms with van der Waals surface area (Å²) in [4.78, 5) is 16.5. The smallest absolute Gasteiger partial charge is 0.0898 e. The fourth-order valence-corrected chi connectivity index (χ4v) is 0.852. The lowest BCUT2D eigenvalue weighted by Gasteiger charge is -2.06. The zero-order chi connectivity index (χ0) is 14.1. The van der Waals surface area contributed by atoms with Gasteiger partial charge in [-0.3, -0.25) is 0 Å². The Hall–Kier alpha value is -1.24. The summed E-state index contributed by atoms with van der Waals surface area (Å²) >= 11 is 0. The van der Waals surface area contributed by atoms with Crippen molar-refractivity contribution in [2.24, 2.45) is 20.0 Å². The van der Waals surface area contributed by atoms with E-state index in [2.05, 4.69) is 32.0 Å². The molecular formula is C14H26N4. The molecule has 0 bridgehead atoms. The standard InChI is InChI=1S/C14H26N4/c1-13(2,3)17-11-15-9-7-8-10-16-12-18-14(4,5)6/h7-10H2,1-6H3. The van der Waals surface area contributed by atoms with Crippen LogP contribution >= 0.6 is 0 Å². The Labute approximate surface area is 111 Å². The van der Waals surface area contributed by atoms with Crippen LogP contribution in [0.1, 0.15) is 54.4 Å². The van der Waals surface area contributed by atoms with Crippen molar-refractivity contribution >= 4 is 12.0 Å². The van der Waals surface area contributed by atoms with Gasteiger partial charge in [0, 0.05) is 13.1 Å². The fourth-order valence-electron chi connectivity index (χ4n) is 0.852. The fraction of sp³-hybridized carbons (Fsp3) is 0.857. The molecule has 0 unspecified atom stereocenters. The predicted octanol–water partition coefficient (Wildman–Crippen LogP) is 3.71. The molecule has 0 spiro atoms. The Kier molecular flexibility index (Phi) is 7.42. The molecule has 4 heteroatoms. The van der Waals surface area contributed by atoms with E-state index >= 15 is 0 Å². The molecule has 0 aromatic heterocycles. The molecule has 0 fully saturated rings. The Morgan fingerprint density at radius 3 is 1.28 bits per heavy atom. The lowest BCUT2D eigenvalue weighted by molar-refractivity contribution is 0.585. The van der Waals surface area contributed by atoms with Crippen LogP contribution in [0.5, 0.6) is 0 Å². The van der Waals surface area contributed by atoms with Crippen LogP contribution in [0.4, 0.5) is 0 Å². The van der Waals surface area contributed by atoms with Crippen molar-refractivity contribution in [3.8, 4) is 0 Å². The van der Waals surface area contributed by atoms with E-state index in [4.69, 9.17) is 0 Å². The number of unbranched alkanes of at least 4 members (excludes halogenated alkanes) is 1. The second kappa shape index (κ2) is 7.97. The first kappa shape index (κ1) is 16.8. The van der Waals surface area contributed by atoms with Crippen molar-refractivity contribution in [3.05, 3.63) is 0 Å². The average Bonchev–Trinajstić information content (AvgIpc) is 2.17. The summed E-state index contributed by atoms with van der Waals surface area (Å²) in [5.41, 5.74) is -0.172. The van der Waals surface area contributed by atoms with Gasteiger partial charge >= 0.3 is 0 Å². The molecule has 0 rings (SSSR count). The van der Waals surface area contributed by atoms with Gasteiger partial charge in [0.15, 0.2) is 0 Å². The van der Waals surface area contributed by atoms with Gasteiger partial charge in [0.25, 0.3) is 0 Å². The second-order valence-corrected chi connectivity index (χ2v) is 6.24. The number of nitrogens with zero attached hydrogens (tertiary/aromatic N) is 4. The zero-order valence-corrected chi connectivity index (χ0v) is 12.6. The molecule has 0 atom stereocenters. The average molecular weight is 250 g/mol. The minimum Gasteiger partial charge on any atom is -0.226 e. The molecule has 0 aliphatic rings. The van der Waals surface area contributed by atoms with E-state index in [1.807, 2.05) is 41.5 Å². The van der Waals surface area contributed by atoms with Gasteiger partial charge in [-0.2, -0.15) is 0 Å². The van der Waals surface area contributed by atoms with E-state index < -0.39 is 0 Å². The third kappa shape index (κ3) is 14.8. The van der Waals surface area contributed by atoms with Gasteiger partial charge in [-0.05, 0) is 54.4 Å². The molecule has 0 aromatic carbocycles. The van der Waals surface area contributed by atoms with Crippen LogP contribution < -0.4 is 0 Å². The second-order valence-electron chi connectivity index (χ2n) is 6.24. The topological polar surface area (TPSA) is 49.4 Å². The van der Waals surface area contributed by atoms with E-state index in [1.54, 1.807) is 0 Å². The van der Waals surface area contributed by atoms with Crippen LogP contribution in [0, 0.1) is 0 Å². The molecule has 0 aromatic rings. The molecule has 102 valence electrons. The van der Waals surface area contributed by atoms with E-state index in [0.29, 0.717) is 0 Å². The lowest BCUT2D eigenvalue weighted by atomic mass is 10.1. The molecule has 4 nitrogen and oxygen atoms in total. The van der Waals surface area contributed by atoms with Gasteiger partial charge in [-0.25, -0.2) is 20.0 Å². The molecule has 0 aliphatic heterocycles. The molecule has 0 aliphatic carbocycles. The maximum atomic E-state index is 4.16. The normalized spacial score (nSPS) is 11.2. The van der Waals surface area contributed by atoms with Crippen molar-refractivity contribution in [1.82, 2.24) is 0 Å². The Morgan fingerprint density at radius 2 is 1.00 bits per heavy atom. The van der Waals surface area contributed by atoms with Gasteiger partial charge in [0.1, 0.15) is 0 Å². The summed E-state index contributed by atoms with van der Waals surface area (Å²) in [6, 6.07) is 5.47. The van der Waals surface area contributed by atoms with Gasteiger partial charge in [0.2, 0.25) is 0 Å². The third-order valence-electron chi connectivity index (χ3n) is 1.70. The first-order valence-corrected chi connectivity index (χ1v) is 6.47. The van der Waals surface area contributed by atoms with E-state index in [-0.39, 0.29) is 11.1 Å². The quantitative estimate of drug-likeness (QED) is 0.527. The largest absolute Gasteiger partial charge is 0.226 e. The predicted molar refractivity (Wildman–Crippen MR) is 78.2 cm³/mol. The number of aliphatic imine (C=N–C) groups is 4. The molecule has 0 N–H and O–H groups in total. The Morgan fingerprint density at radius 1 is 0.667 bits per heavy atom. The first-order valence-electron chi connectivity index (χ1n) is 6.47. The van der Waals surface area contributed by atoms with Crippen LogP contribution in [-0.2, 0) is 0 Å². The van der Waals surface area contributed by atoms with Gasteiger partial charge in [-0.1, -0.05) is 0 Å². The number of hydrogen-bond donors (Lipinski definition) is 0. The van der Waals surface area contributed by atoms with Crippen molar-refractivity contribution in [1.29, 1.82) is 0 Å². The molecule has 0 heterocycles. The highest BCUT2D eigenvalue weighted by Crippen LogP contribution is 2.04. The van der Waals surface area contributed by atoms with Crippen molar-refractivity contribution in [3.63, 3.8) is 0 Å². The lowest BCUT2D eigenvalue weighted by Crippen LogP contribution is -2.08. The highest BCUT2D eigenvalue weighted by molar-refractivity contribution is 5.42. The molecule has 0 radical (unpaired) electrons.